The number of hydrogen-bond donors (Lipinski definition) is 2. The number of halogens is 3. The van der Waals surface area contributed by atoms with E-state index in [2.05, 4.69) is 15.3 Å². The zero-order valence-corrected chi connectivity index (χ0v) is 11.8. The number of H-pyrrole nitrogens is 1. The maximum Gasteiger partial charge on any atom is 0.107 e. The summed E-state index contributed by atoms with van der Waals surface area (Å²) in [5.74, 6) is 0.950. The smallest absolute Gasteiger partial charge is 0.107 e. The lowest BCUT2D eigenvalue weighted by atomic mass is 10.2. The second-order valence-electron chi connectivity index (χ2n) is 3.78. The van der Waals surface area contributed by atoms with Crippen LogP contribution in [0.1, 0.15) is 11.4 Å². The van der Waals surface area contributed by atoms with Crippen LogP contribution in [-0.4, -0.2) is 16.5 Å². The molecule has 0 fully saturated rings. The fourth-order valence-corrected chi connectivity index (χ4v) is 2.27. The van der Waals surface area contributed by atoms with Gasteiger partial charge in [0.25, 0.3) is 0 Å². The van der Waals surface area contributed by atoms with Crippen molar-refractivity contribution in [1.82, 2.24) is 15.3 Å². The zero-order valence-electron chi connectivity index (χ0n) is 9.51. The molecular formula is C12H12Cl3N3. The van der Waals surface area contributed by atoms with Crippen molar-refractivity contribution in [2.75, 3.05) is 6.54 Å². The Kier molecular flexibility index (Phi) is 4.89. The highest BCUT2D eigenvalue weighted by atomic mass is 35.5. The van der Waals surface area contributed by atoms with Crippen LogP contribution in [0.15, 0.2) is 24.5 Å². The van der Waals surface area contributed by atoms with E-state index < -0.39 is 0 Å². The third-order valence-corrected chi connectivity index (χ3v) is 3.73. The Morgan fingerprint density at radius 2 is 1.94 bits per heavy atom. The fraction of sp³-hybridized carbons (Fsp3) is 0.250. The van der Waals surface area contributed by atoms with Gasteiger partial charge in [-0.3, -0.25) is 0 Å². The van der Waals surface area contributed by atoms with Crippen molar-refractivity contribution in [2.45, 2.75) is 13.0 Å². The highest BCUT2D eigenvalue weighted by Gasteiger charge is 2.08. The van der Waals surface area contributed by atoms with E-state index in [1.54, 1.807) is 24.5 Å². The normalized spacial score (nSPS) is 10.8. The molecule has 2 aromatic rings. The number of nitrogens with zero attached hydrogens (tertiary/aromatic N) is 1. The Morgan fingerprint density at radius 3 is 2.67 bits per heavy atom. The molecule has 0 radical (unpaired) electrons. The number of nitrogens with one attached hydrogen (secondary N) is 2. The minimum atomic E-state index is 0.509. The van der Waals surface area contributed by atoms with Gasteiger partial charge in [-0.2, -0.15) is 0 Å². The number of benzene rings is 1. The monoisotopic (exact) mass is 303 g/mol. The number of rotatable bonds is 5. The molecule has 18 heavy (non-hydrogen) atoms. The second-order valence-corrected chi connectivity index (χ2v) is 4.98. The fourth-order valence-electron chi connectivity index (χ4n) is 1.59. The summed E-state index contributed by atoms with van der Waals surface area (Å²) in [6, 6.07) is 3.44. The summed E-state index contributed by atoms with van der Waals surface area (Å²) in [7, 11) is 0. The van der Waals surface area contributed by atoms with Gasteiger partial charge in [0.15, 0.2) is 0 Å². The quantitative estimate of drug-likeness (QED) is 0.653. The van der Waals surface area contributed by atoms with Gasteiger partial charge in [-0.1, -0.05) is 34.8 Å². The summed E-state index contributed by atoms with van der Waals surface area (Å²) in [5, 5.41) is 4.91. The minimum Gasteiger partial charge on any atom is -0.349 e. The van der Waals surface area contributed by atoms with Crippen LogP contribution in [0.4, 0.5) is 0 Å². The lowest BCUT2D eigenvalue weighted by molar-refractivity contribution is 0.674. The van der Waals surface area contributed by atoms with Crippen LogP contribution in [0.25, 0.3) is 0 Å². The van der Waals surface area contributed by atoms with Crippen molar-refractivity contribution in [3.63, 3.8) is 0 Å². The van der Waals surface area contributed by atoms with Crippen LogP contribution in [0.5, 0.6) is 0 Å². The van der Waals surface area contributed by atoms with Crippen LogP contribution in [0.2, 0.25) is 15.1 Å². The van der Waals surface area contributed by atoms with Crippen LogP contribution in [0, 0.1) is 0 Å². The number of aromatic amines is 1. The molecule has 6 heteroatoms. The van der Waals surface area contributed by atoms with Crippen molar-refractivity contribution in [3.05, 3.63) is 51.0 Å². The maximum atomic E-state index is 6.10. The SMILES string of the molecule is Clc1ccc(Cl)c(CNCCc2ncc[nH]2)c1Cl. The molecule has 1 aromatic carbocycles. The largest absolute Gasteiger partial charge is 0.349 e. The van der Waals surface area contributed by atoms with Crippen molar-refractivity contribution in [2.24, 2.45) is 0 Å². The average Bonchev–Trinajstić information content (AvgIpc) is 2.86. The van der Waals surface area contributed by atoms with Gasteiger partial charge in [0.2, 0.25) is 0 Å². The molecule has 0 saturated heterocycles. The maximum absolute atomic E-state index is 6.10. The molecule has 0 aliphatic carbocycles. The summed E-state index contributed by atoms with van der Waals surface area (Å²) >= 11 is 18.1. The van der Waals surface area contributed by atoms with Gasteiger partial charge in [-0.15, -0.1) is 0 Å². The second kappa shape index (κ2) is 6.43. The molecule has 96 valence electrons. The van der Waals surface area contributed by atoms with Crippen molar-refractivity contribution in [1.29, 1.82) is 0 Å². The predicted octanol–water partition coefficient (Wildman–Crippen LogP) is 3.70. The standard InChI is InChI=1S/C12H12Cl3N3/c13-9-1-2-10(14)12(15)8(9)7-16-4-3-11-17-5-6-18-11/h1-2,5-6,16H,3-4,7H2,(H,17,18). The third-order valence-electron chi connectivity index (χ3n) is 2.53. The minimum absolute atomic E-state index is 0.509. The first-order valence-corrected chi connectivity index (χ1v) is 6.63. The van der Waals surface area contributed by atoms with E-state index in [0.29, 0.717) is 21.6 Å². The Hall–Kier alpha value is -0.740. The van der Waals surface area contributed by atoms with Gasteiger partial charge in [0, 0.05) is 42.5 Å². The Morgan fingerprint density at radius 1 is 1.17 bits per heavy atom. The van der Waals surface area contributed by atoms with Crippen molar-refractivity contribution in [3.8, 4) is 0 Å². The molecule has 1 heterocycles. The molecule has 0 aliphatic rings. The average molecular weight is 305 g/mol. The van der Waals surface area contributed by atoms with Gasteiger partial charge in [0.05, 0.1) is 10.0 Å². The molecular weight excluding hydrogens is 293 g/mol. The third kappa shape index (κ3) is 3.39. The molecule has 0 unspecified atom stereocenters. The Bertz CT molecular complexity index is 512. The number of hydrogen-bond acceptors (Lipinski definition) is 2. The molecule has 0 aliphatic heterocycles. The molecule has 0 saturated carbocycles. The first-order valence-electron chi connectivity index (χ1n) is 5.50. The number of imidazole rings is 1. The van der Waals surface area contributed by atoms with Crippen molar-refractivity contribution < 1.29 is 0 Å². The van der Waals surface area contributed by atoms with E-state index in [1.807, 2.05) is 0 Å². The summed E-state index contributed by atoms with van der Waals surface area (Å²) in [6.07, 6.45) is 4.36. The summed E-state index contributed by atoms with van der Waals surface area (Å²) in [5.41, 5.74) is 0.824. The van der Waals surface area contributed by atoms with E-state index in [4.69, 9.17) is 34.8 Å². The topological polar surface area (TPSA) is 40.7 Å². The van der Waals surface area contributed by atoms with E-state index in [0.717, 1.165) is 24.4 Å². The van der Waals surface area contributed by atoms with E-state index >= 15 is 0 Å². The van der Waals surface area contributed by atoms with Gasteiger partial charge < -0.3 is 10.3 Å². The molecule has 3 nitrogen and oxygen atoms in total. The summed E-state index contributed by atoms with van der Waals surface area (Å²) in [4.78, 5) is 7.18. The highest BCUT2D eigenvalue weighted by Crippen LogP contribution is 2.31. The molecule has 2 rings (SSSR count). The Balaban J connectivity index is 1.88. The first kappa shape index (κ1) is 13.7. The lowest BCUT2D eigenvalue weighted by Crippen LogP contribution is -2.17. The van der Waals surface area contributed by atoms with Crippen LogP contribution >= 0.6 is 34.8 Å². The predicted molar refractivity (Wildman–Crippen MR) is 75.5 cm³/mol. The van der Waals surface area contributed by atoms with Crippen molar-refractivity contribution >= 4 is 34.8 Å². The highest BCUT2D eigenvalue weighted by molar-refractivity contribution is 6.44. The molecule has 0 amide bonds. The van der Waals surface area contributed by atoms with Gasteiger partial charge in [-0.05, 0) is 12.1 Å². The van der Waals surface area contributed by atoms with E-state index in [9.17, 15) is 0 Å². The Labute approximate surface area is 120 Å². The first-order chi connectivity index (χ1) is 8.68. The van der Waals surface area contributed by atoms with E-state index in [1.165, 1.54) is 0 Å². The van der Waals surface area contributed by atoms with Crippen LogP contribution < -0.4 is 5.32 Å². The molecule has 0 spiro atoms. The van der Waals surface area contributed by atoms with Gasteiger partial charge in [0.1, 0.15) is 5.82 Å². The molecule has 2 N–H and O–H groups in total. The number of aromatic nitrogens is 2. The lowest BCUT2D eigenvalue weighted by Gasteiger charge is -2.09. The molecule has 0 bridgehead atoms. The summed E-state index contributed by atoms with van der Waals surface area (Å²) < 4.78 is 0. The molecule has 0 atom stereocenters. The summed E-state index contributed by atoms with van der Waals surface area (Å²) in [6.45, 7) is 1.37. The molecule has 1 aromatic heterocycles. The van der Waals surface area contributed by atoms with Crippen LogP contribution in [-0.2, 0) is 13.0 Å². The van der Waals surface area contributed by atoms with Crippen LogP contribution in [0.3, 0.4) is 0 Å². The van der Waals surface area contributed by atoms with Gasteiger partial charge >= 0.3 is 0 Å². The van der Waals surface area contributed by atoms with Gasteiger partial charge in [-0.25, -0.2) is 4.98 Å². The van der Waals surface area contributed by atoms with E-state index in [-0.39, 0.29) is 0 Å². The zero-order chi connectivity index (χ0) is 13.0.